The Kier molecular flexibility index (Phi) is 3.98. The minimum Gasteiger partial charge on any atom is -0.497 e. The molecule has 5 heteroatoms. The van der Waals surface area contributed by atoms with E-state index in [1.165, 1.54) is 5.56 Å². The van der Waals surface area contributed by atoms with E-state index in [4.69, 9.17) is 4.74 Å². The maximum absolute atomic E-state index is 5.17. The normalized spacial score (nSPS) is 10.9. The third kappa shape index (κ3) is 2.83. The molecule has 3 rings (SSSR count). The molecule has 0 unspecified atom stereocenters. The second-order valence-electron chi connectivity index (χ2n) is 4.50. The van der Waals surface area contributed by atoms with Crippen LogP contribution >= 0.6 is 38.5 Å². The molecule has 0 amide bonds. The van der Waals surface area contributed by atoms with Crippen molar-refractivity contribution >= 4 is 49.4 Å². The van der Waals surface area contributed by atoms with Crippen LogP contribution in [0.4, 0.5) is 0 Å². The van der Waals surface area contributed by atoms with Gasteiger partial charge in [0.1, 0.15) is 11.3 Å². The summed E-state index contributed by atoms with van der Waals surface area (Å²) in [5.41, 5.74) is 2.25. The number of nitrogens with zero attached hydrogens (tertiary/aromatic N) is 2. The van der Waals surface area contributed by atoms with Gasteiger partial charge in [-0.15, -0.1) is 0 Å². The molecule has 102 valence electrons. The molecule has 0 fully saturated rings. The van der Waals surface area contributed by atoms with Gasteiger partial charge in [-0.25, -0.2) is 0 Å². The molecule has 0 aliphatic heterocycles. The fraction of sp³-hybridized carbons (Fsp3) is 0.133. The van der Waals surface area contributed by atoms with Gasteiger partial charge >= 0.3 is 0 Å². The number of hydrogen-bond donors (Lipinski definition) is 0. The van der Waals surface area contributed by atoms with Gasteiger partial charge in [-0.2, -0.15) is 5.10 Å². The van der Waals surface area contributed by atoms with Crippen molar-refractivity contribution in [1.29, 1.82) is 0 Å². The summed E-state index contributed by atoms with van der Waals surface area (Å²) < 4.78 is 9.38. The molecule has 0 saturated carbocycles. The predicted molar refractivity (Wildman–Crippen MR) is 92.2 cm³/mol. The van der Waals surface area contributed by atoms with Gasteiger partial charge in [0.05, 0.1) is 13.7 Å². The van der Waals surface area contributed by atoms with Crippen molar-refractivity contribution in [3.05, 3.63) is 56.2 Å². The summed E-state index contributed by atoms with van der Waals surface area (Å²) in [6.07, 6.45) is 2.08. The van der Waals surface area contributed by atoms with E-state index in [0.29, 0.717) is 0 Å². The lowest BCUT2D eigenvalue weighted by Gasteiger charge is -2.03. The van der Waals surface area contributed by atoms with Crippen LogP contribution in [0.2, 0.25) is 0 Å². The number of aromatic nitrogens is 2. The van der Waals surface area contributed by atoms with Crippen LogP contribution in [0.15, 0.2) is 47.1 Å². The van der Waals surface area contributed by atoms with Gasteiger partial charge in [-0.05, 0) is 52.4 Å². The summed E-state index contributed by atoms with van der Waals surface area (Å²) in [7, 11) is 1.68. The van der Waals surface area contributed by atoms with Crippen LogP contribution < -0.4 is 4.74 Å². The highest BCUT2D eigenvalue weighted by Gasteiger charge is 2.06. The number of rotatable bonds is 3. The van der Waals surface area contributed by atoms with Gasteiger partial charge in [0.15, 0.2) is 0 Å². The lowest BCUT2D eigenvalue weighted by Crippen LogP contribution is -1.99. The predicted octanol–water partition coefficient (Wildman–Crippen LogP) is 4.46. The second-order valence-corrected chi connectivity index (χ2v) is 6.58. The fourth-order valence-electron chi connectivity index (χ4n) is 2.11. The van der Waals surface area contributed by atoms with Crippen molar-refractivity contribution in [1.82, 2.24) is 9.78 Å². The van der Waals surface area contributed by atoms with E-state index in [1.807, 2.05) is 16.8 Å². The van der Waals surface area contributed by atoms with E-state index >= 15 is 0 Å². The monoisotopic (exact) mass is 442 g/mol. The van der Waals surface area contributed by atoms with Crippen LogP contribution in [0, 0.1) is 3.57 Å². The first-order chi connectivity index (χ1) is 9.65. The van der Waals surface area contributed by atoms with E-state index in [2.05, 4.69) is 74.1 Å². The lowest BCUT2D eigenvalue weighted by atomic mass is 10.2. The summed E-state index contributed by atoms with van der Waals surface area (Å²) in [5, 5.41) is 5.80. The summed E-state index contributed by atoms with van der Waals surface area (Å²) in [5.74, 6) is 0.873. The Morgan fingerprint density at radius 3 is 2.70 bits per heavy atom. The Balaban J connectivity index is 1.92. The van der Waals surface area contributed by atoms with E-state index in [1.54, 1.807) is 7.11 Å². The highest BCUT2D eigenvalue weighted by Crippen LogP contribution is 2.25. The SMILES string of the molecule is COc1ccc(Cn2cc3cc(Br)cc(I)c3n2)cc1. The highest BCUT2D eigenvalue weighted by molar-refractivity contribution is 14.1. The van der Waals surface area contributed by atoms with Crippen LogP contribution in [0.25, 0.3) is 10.9 Å². The Hall–Kier alpha value is -1.08. The largest absolute Gasteiger partial charge is 0.497 e. The first kappa shape index (κ1) is 13.9. The molecule has 2 aromatic carbocycles. The average molecular weight is 443 g/mol. The first-order valence-corrected chi connectivity index (χ1v) is 7.98. The highest BCUT2D eigenvalue weighted by atomic mass is 127. The second kappa shape index (κ2) is 5.73. The molecule has 0 bridgehead atoms. The molecule has 20 heavy (non-hydrogen) atoms. The van der Waals surface area contributed by atoms with Crippen LogP contribution in [-0.4, -0.2) is 16.9 Å². The van der Waals surface area contributed by atoms with Crippen molar-refractivity contribution in [3.63, 3.8) is 0 Å². The number of methoxy groups -OCH3 is 1. The molecule has 1 aromatic heterocycles. The summed E-state index contributed by atoms with van der Waals surface area (Å²) in [6, 6.07) is 12.2. The van der Waals surface area contributed by atoms with E-state index < -0.39 is 0 Å². The topological polar surface area (TPSA) is 27.1 Å². The van der Waals surface area contributed by atoms with Crippen LogP contribution in [-0.2, 0) is 6.54 Å². The van der Waals surface area contributed by atoms with E-state index in [-0.39, 0.29) is 0 Å². The van der Waals surface area contributed by atoms with Gasteiger partial charge in [0.25, 0.3) is 0 Å². The molecule has 3 aromatic rings. The van der Waals surface area contributed by atoms with Crippen LogP contribution in [0.3, 0.4) is 0 Å². The lowest BCUT2D eigenvalue weighted by molar-refractivity contribution is 0.414. The van der Waals surface area contributed by atoms with E-state index in [0.717, 1.165) is 31.2 Å². The van der Waals surface area contributed by atoms with Crippen molar-refractivity contribution < 1.29 is 4.74 Å². The third-order valence-corrected chi connectivity index (χ3v) is 4.36. The molecule has 0 saturated heterocycles. The van der Waals surface area contributed by atoms with Crippen LogP contribution in [0.5, 0.6) is 5.75 Å². The summed E-state index contributed by atoms with van der Waals surface area (Å²) >= 11 is 5.83. The minimum absolute atomic E-state index is 0.756. The zero-order chi connectivity index (χ0) is 14.1. The van der Waals surface area contributed by atoms with Gasteiger partial charge in [-0.3, -0.25) is 4.68 Å². The smallest absolute Gasteiger partial charge is 0.118 e. The molecule has 0 spiro atoms. The number of benzene rings is 2. The minimum atomic E-state index is 0.756. The third-order valence-electron chi connectivity index (χ3n) is 3.08. The average Bonchev–Trinajstić information content (AvgIpc) is 2.82. The van der Waals surface area contributed by atoms with Crippen molar-refractivity contribution in [2.24, 2.45) is 0 Å². The van der Waals surface area contributed by atoms with Crippen LogP contribution in [0.1, 0.15) is 5.56 Å². The molecular formula is C15H12BrIN2O. The van der Waals surface area contributed by atoms with Crippen molar-refractivity contribution in [3.8, 4) is 5.75 Å². The Morgan fingerprint density at radius 2 is 2.00 bits per heavy atom. The van der Waals surface area contributed by atoms with Gasteiger partial charge in [0.2, 0.25) is 0 Å². The first-order valence-electron chi connectivity index (χ1n) is 6.11. The Bertz CT molecular complexity index is 752. The molecule has 0 aliphatic rings. The molecule has 0 radical (unpaired) electrons. The standard InChI is InChI=1S/C15H12BrIN2O/c1-20-13-4-2-10(3-5-13)8-19-9-11-6-12(16)7-14(17)15(11)18-19/h2-7,9H,8H2,1H3. The Morgan fingerprint density at radius 1 is 1.25 bits per heavy atom. The summed E-state index contributed by atoms with van der Waals surface area (Å²) in [4.78, 5) is 0. The molecule has 0 aliphatic carbocycles. The Labute approximate surface area is 139 Å². The van der Waals surface area contributed by atoms with Gasteiger partial charge in [-0.1, -0.05) is 28.1 Å². The maximum atomic E-state index is 5.17. The number of halogens is 2. The van der Waals surface area contributed by atoms with Gasteiger partial charge < -0.3 is 4.74 Å². The number of hydrogen-bond acceptors (Lipinski definition) is 2. The molecule has 3 nitrogen and oxygen atoms in total. The van der Waals surface area contributed by atoms with Crippen molar-refractivity contribution in [2.75, 3.05) is 7.11 Å². The molecular weight excluding hydrogens is 431 g/mol. The fourth-order valence-corrected chi connectivity index (χ4v) is 3.76. The zero-order valence-electron chi connectivity index (χ0n) is 10.8. The summed E-state index contributed by atoms with van der Waals surface area (Å²) in [6.45, 7) is 0.756. The molecule has 0 atom stereocenters. The quantitative estimate of drug-likeness (QED) is 0.560. The molecule has 0 N–H and O–H groups in total. The zero-order valence-corrected chi connectivity index (χ0v) is 14.6. The maximum Gasteiger partial charge on any atom is 0.118 e. The number of fused-ring (bicyclic) bond motifs is 1. The molecule has 1 heterocycles. The van der Waals surface area contributed by atoms with Crippen molar-refractivity contribution in [2.45, 2.75) is 6.54 Å². The number of ether oxygens (including phenoxy) is 1. The van der Waals surface area contributed by atoms with E-state index in [9.17, 15) is 0 Å². The van der Waals surface area contributed by atoms with Gasteiger partial charge in [0, 0.05) is 19.6 Å².